The van der Waals surface area contributed by atoms with Crippen LogP contribution in [0, 0.1) is 0 Å². The van der Waals surface area contributed by atoms with Crippen LogP contribution in [0.25, 0.3) is 11.4 Å². The normalized spacial score (nSPS) is 12.0. The van der Waals surface area contributed by atoms with E-state index in [1.807, 2.05) is 0 Å². The minimum absolute atomic E-state index is 0. The van der Waals surface area contributed by atoms with Crippen molar-refractivity contribution in [2.75, 3.05) is 0 Å². The van der Waals surface area contributed by atoms with Crippen molar-refractivity contribution in [3.8, 4) is 11.4 Å². The zero-order valence-corrected chi connectivity index (χ0v) is 13.0. The van der Waals surface area contributed by atoms with Crippen LogP contribution >= 0.6 is 0 Å². The molecule has 0 bridgehead atoms. The third kappa shape index (κ3) is 2.87. The maximum absolute atomic E-state index is 2.27. The SMILES string of the molecule is C1=CC[n+]2ccccc2-c2cccc[n+]2C1.[Br-].[Br-]. The average Bonchev–Trinajstić information content (AvgIpc) is 2.33. The van der Waals surface area contributed by atoms with Gasteiger partial charge in [0.2, 0.25) is 0 Å². The van der Waals surface area contributed by atoms with E-state index < -0.39 is 0 Å². The number of aromatic nitrogens is 2. The molecule has 0 atom stereocenters. The van der Waals surface area contributed by atoms with Gasteiger partial charge in [0.1, 0.15) is 0 Å². The van der Waals surface area contributed by atoms with Crippen LogP contribution in [-0.2, 0) is 13.1 Å². The summed E-state index contributed by atoms with van der Waals surface area (Å²) in [6.45, 7) is 1.90. The van der Waals surface area contributed by atoms with E-state index in [0.29, 0.717) is 0 Å². The highest BCUT2D eigenvalue weighted by atomic mass is 79.9. The number of allylic oxidation sites excluding steroid dienone is 2. The van der Waals surface area contributed by atoms with Crippen molar-refractivity contribution in [3.05, 3.63) is 60.9 Å². The van der Waals surface area contributed by atoms with Crippen molar-refractivity contribution >= 4 is 0 Å². The number of hydrogen-bond acceptors (Lipinski definition) is 0. The number of hydrogen-bond donors (Lipinski definition) is 0. The Morgan fingerprint density at radius 2 is 1.11 bits per heavy atom. The summed E-state index contributed by atoms with van der Waals surface area (Å²) < 4.78 is 4.53. The van der Waals surface area contributed by atoms with Crippen LogP contribution in [-0.4, -0.2) is 0 Å². The molecule has 0 saturated heterocycles. The maximum Gasteiger partial charge on any atom is 0.277 e. The van der Waals surface area contributed by atoms with E-state index in [-0.39, 0.29) is 34.0 Å². The number of rotatable bonds is 0. The van der Waals surface area contributed by atoms with Crippen molar-refractivity contribution in [2.45, 2.75) is 13.1 Å². The van der Waals surface area contributed by atoms with Crippen LogP contribution in [0.15, 0.2) is 60.9 Å². The van der Waals surface area contributed by atoms with Crippen LogP contribution in [0.3, 0.4) is 0 Å². The third-order valence-corrected chi connectivity index (χ3v) is 2.91. The van der Waals surface area contributed by atoms with Crippen LogP contribution < -0.4 is 43.1 Å². The third-order valence-electron chi connectivity index (χ3n) is 2.91. The topological polar surface area (TPSA) is 7.76 Å². The van der Waals surface area contributed by atoms with Gasteiger partial charge in [-0.15, -0.1) is 0 Å². The van der Waals surface area contributed by atoms with Gasteiger partial charge in [-0.1, -0.05) is 0 Å². The molecule has 0 unspecified atom stereocenters. The quantitative estimate of drug-likeness (QED) is 0.327. The minimum atomic E-state index is 0. The van der Waals surface area contributed by atoms with Crippen LogP contribution in [0.5, 0.6) is 0 Å². The summed E-state index contributed by atoms with van der Waals surface area (Å²) in [6, 6.07) is 12.7. The fourth-order valence-electron chi connectivity index (χ4n) is 2.11. The molecule has 0 aromatic carbocycles. The Balaban J connectivity index is 0.000000810. The molecular formula is C14H14Br2N2. The summed E-state index contributed by atoms with van der Waals surface area (Å²) in [4.78, 5) is 0. The van der Waals surface area contributed by atoms with E-state index in [9.17, 15) is 0 Å². The zero-order chi connectivity index (χ0) is 10.8. The van der Waals surface area contributed by atoms with Crippen molar-refractivity contribution in [1.29, 1.82) is 0 Å². The lowest BCUT2D eigenvalue weighted by molar-refractivity contribution is -0.709. The van der Waals surface area contributed by atoms with Gasteiger partial charge in [0.05, 0.1) is 0 Å². The molecule has 1 aliphatic rings. The fourth-order valence-corrected chi connectivity index (χ4v) is 2.11. The Hall–Kier alpha value is -1.000. The van der Waals surface area contributed by atoms with Crippen molar-refractivity contribution < 1.29 is 43.1 Å². The first-order valence-electron chi connectivity index (χ1n) is 5.57. The van der Waals surface area contributed by atoms with E-state index >= 15 is 0 Å². The Morgan fingerprint density at radius 1 is 0.667 bits per heavy atom. The van der Waals surface area contributed by atoms with E-state index in [0.717, 1.165) is 13.1 Å². The lowest BCUT2D eigenvalue weighted by Gasteiger charge is -2.04. The van der Waals surface area contributed by atoms with Crippen molar-refractivity contribution in [3.63, 3.8) is 0 Å². The highest BCUT2D eigenvalue weighted by molar-refractivity contribution is 5.45. The van der Waals surface area contributed by atoms with E-state index in [2.05, 4.69) is 70.1 Å². The second-order valence-corrected chi connectivity index (χ2v) is 3.95. The summed E-state index contributed by atoms with van der Waals surface area (Å²) in [7, 11) is 0. The molecule has 94 valence electrons. The van der Waals surface area contributed by atoms with E-state index in [1.54, 1.807) is 0 Å². The van der Waals surface area contributed by atoms with Gasteiger partial charge in [-0.05, 0) is 24.3 Å². The second kappa shape index (κ2) is 6.81. The monoisotopic (exact) mass is 368 g/mol. The lowest BCUT2D eigenvalue weighted by Crippen LogP contribution is -3.00. The molecule has 0 saturated carbocycles. The molecule has 0 aliphatic carbocycles. The fraction of sp³-hybridized carbons (Fsp3) is 0.143. The highest BCUT2D eigenvalue weighted by Gasteiger charge is 2.21. The molecule has 2 nitrogen and oxygen atoms in total. The van der Waals surface area contributed by atoms with E-state index in [4.69, 9.17) is 0 Å². The van der Waals surface area contributed by atoms with Gasteiger partial charge in [0.15, 0.2) is 25.5 Å². The predicted octanol–water partition coefficient (Wildman–Crippen LogP) is -4.49. The Labute approximate surface area is 128 Å². The molecule has 3 rings (SSSR count). The lowest BCUT2D eigenvalue weighted by atomic mass is 10.2. The Morgan fingerprint density at radius 3 is 1.56 bits per heavy atom. The summed E-state index contributed by atoms with van der Waals surface area (Å²) >= 11 is 0. The van der Waals surface area contributed by atoms with Crippen molar-refractivity contribution in [2.24, 2.45) is 0 Å². The Bertz CT molecular complexity index is 503. The van der Waals surface area contributed by atoms with Gasteiger partial charge in [0, 0.05) is 24.3 Å². The number of pyridine rings is 2. The molecule has 0 fully saturated rings. The second-order valence-electron chi connectivity index (χ2n) is 3.95. The molecule has 1 aliphatic heterocycles. The first kappa shape index (κ1) is 15.1. The molecule has 0 amide bonds. The van der Waals surface area contributed by atoms with Crippen LogP contribution in [0.1, 0.15) is 0 Å². The number of nitrogens with zero attached hydrogens (tertiary/aromatic N) is 2. The standard InChI is InChI=1S/C14H14N2.2BrH/c1-3-9-15-11-5-6-12-16-10-4-2-8-14(16)13(15)7-1;;/h1-10H,11-12H2;2*1H/q+2;;/p-2. The average molecular weight is 370 g/mol. The molecule has 2 aromatic rings. The molecule has 0 N–H and O–H groups in total. The summed E-state index contributed by atoms with van der Waals surface area (Å²) in [6.07, 6.45) is 8.68. The van der Waals surface area contributed by atoms with Gasteiger partial charge < -0.3 is 34.0 Å². The zero-order valence-electron chi connectivity index (χ0n) is 9.84. The first-order chi connectivity index (χ1) is 7.95. The molecule has 4 heteroatoms. The highest BCUT2D eigenvalue weighted by Crippen LogP contribution is 2.10. The van der Waals surface area contributed by atoms with Gasteiger partial charge in [-0.2, -0.15) is 9.13 Å². The van der Waals surface area contributed by atoms with Gasteiger partial charge >= 0.3 is 0 Å². The van der Waals surface area contributed by atoms with Crippen molar-refractivity contribution in [1.82, 2.24) is 0 Å². The smallest absolute Gasteiger partial charge is 0.277 e. The Kier molecular flexibility index (Phi) is 5.69. The molecular weight excluding hydrogens is 356 g/mol. The number of fused-ring (bicyclic) bond motifs is 3. The van der Waals surface area contributed by atoms with E-state index in [1.165, 1.54) is 11.4 Å². The van der Waals surface area contributed by atoms with Crippen LogP contribution in [0.4, 0.5) is 0 Å². The summed E-state index contributed by atoms with van der Waals surface area (Å²) in [5.74, 6) is 0. The molecule has 0 radical (unpaired) electrons. The molecule has 3 heterocycles. The van der Waals surface area contributed by atoms with Gasteiger partial charge in [0.25, 0.3) is 11.4 Å². The largest absolute Gasteiger partial charge is 1.00 e. The summed E-state index contributed by atoms with van der Waals surface area (Å²) in [5.41, 5.74) is 2.54. The van der Waals surface area contributed by atoms with Crippen LogP contribution in [0.2, 0.25) is 0 Å². The molecule has 0 spiro atoms. The van der Waals surface area contributed by atoms with Gasteiger partial charge in [-0.3, -0.25) is 0 Å². The minimum Gasteiger partial charge on any atom is -1.00 e. The number of halogens is 2. The first-order valence-corrected chi connectivity index (χ1v) is 5.57. The predicted molar refractivity (Wildman–Crippen MR) is 61.4 cm³/mol. The molecule has 2 aromatic heterocycles. The maximum atomic E-state index is 2.27. The summed E-state index contributed by atoms with van der Waals surface area (Å²) in [5, 5.41) is 0. The molecule has 18 heavy (non-hydrogen) atoms. The van der Waals surface area contributed by atoms with Gasteiger partial charge in [-0.25, -0.2) is 0 Å².